The fourth-order valence-corrected chi connectivity index (χ4v) is 2.09. The Labute approximate surface area is 110 Å². The number of hydrogen-bond donors (Lipinski definition) is 1. The van der Waals surface area contributed by atoms with Crippen LogP contribution in [0.3, 0.4) is 0 Å². The van der Waals surface area contributed by atoms with Crippen molar-refractivity contribution < 1.29 is 4.39 Å². The van der Waals surface area contributed by atoms with E-state index in [-0.39, 0.29) is 18.2 Å². The molecule has 1 aliphatic heterocycles. The van der Waals surface area contributed by atoms with Crippen molar-refractivity contribution in [3.63, 3.8) is 0 Å². The number of benzene rings is 1. The Kier molecular flexibility index (Phi) is 5.69. The molecule has 0 atom stereocenters. The predicted molar refractivity (Wildman–Crippen MR) is 69.5 cm³/mol. The standard InChI is InChI=1S/C11H14BrFN2.ClH/c12-10-2-1-9(11(13)7-10)8-15-5-3-14-4-6-15;/h1-2,7,14H,3-6,8H2;1H. The minimum absolute atomic E-state index is 0. The SMILES string of the molecule is Cl.Fc1cc(Br)ccc1CN1CCNCC1. The van der Waals surface area contributed by atoms with Gasteiger partial charge in [-0.3, -0.25) is 4.90 Å². The van der Waals surface area contributed by atoms with Gasteiger partial charge in [-0.25, -0.2) is 4.39 Å². The summed E-state index contributed by atoms with van der Waals surface area (Å²) >= 11 is 3.26. The normalized spacial score (nSPS) is 16.9. The van der Waals surface area contributed by atoms with E-state index in [0.717, 1.165) is 36.2 Å². The lowest BCUT2D eigenvalue weighted by atomic mass is 10.2. The highest BCUT2D eigenvalue weighted by molar-refractivity contribution is 9.10. The first kappa shape index (κ1) is 13.9. The minimum Gasteiger partial charge on any atom is -0.314 e. The third-order valence-electron chi connectivity index (χ3n) is 2.62. The quantitative estimate of drug-likeness (QED) is 0.902. The predicted octanol–water partition coefficient (Wildman–Crippen LogP) is 2.42. The number of rotatable bonds is 2. The van der Waals surface area contributed by atoms with Crippen LogP contribution < -0.4 is 5.32 Å². The lowest BCUT2D eigenvalue weighted by Crippen LogP contribution is -2.43. The number of nitrogens with zero attached hydrogens (tertiary/aromatic N) is 1. The van der Waals surface area contributed by atoms with Crippen molar-refractivity contribution in [2.45, 2.75) is 6.54 Å². The van der Waals surface area contributed by atoms with Crippen LogP contribution in [0.1, 0.15) is 5.56 Å². The van der Waals surface area contributed by atoms with Crippen molar-refractivity contribution in [1.82, 2.24) is 10.2 Å². The zero-order chi connectivity index (χ0) is 10.7. The number of hydrogen-bond acceptors (Lipinski definition) is 2. The highest BCUT2D eigenvalue weighted by Crippen LogP contribution is 2.16. The maximum atomic E-state index is 13.5. The van der Waals surface area contributed by atoms with E-state index < -0.39 is 0 Å². The average Bonchev–Trinajstić information content (AvgIpc) is 2.24. The number of halogens is 3. The molecule has 90 valence electrons. The lowest BCUT2D eigenvalue weighted by molar-refractivity contribution is 0.230. The van der Waals surface area contributed by atoms with Gasteiger partial charge in [-0.05, 0) is 12.1 Å². The maximum absolute atomic E-state index is 13.5. The summed E-state index contributed by atoms with van der Waals surface area (Å²) in [6.07, 6.45) is 0. The van der Waals surface area contributed by atoms with E-state index in [0.29, 0.717) is 6.54 Å². The van der Waals surface area contributed by atoms with Gasteiger partial charge in [0.25, 0.3) is 0 Å². The second-order valence-corrected chi connectivity index (χ2v) is 4.68. The van der Waals surface area contributed by atoms with Gasteiger partial charge in [-0.2, -0.15) is 0 Å². The zero-order valence-electron chi connectivity index (χ0n) is 8.88. The molecule has 0 bridgehead atoms. The minimum atomic E-state index is -0.122. The molecule has 0 unspecified atom stereocenters. The van der Waals surface area contributed by atoms with Crippen molar-refractivity contribution in [2.75, 3.05) is 26.2 Å². The van der Waals surface area contributed by atoms with Crippen LogP contribution in [0.25, 0.3) is 0 Å². The molecule has 1 fully saturated rings. The van der Waals surface area contributed by atoms with Crippen molar-refractivity contribution >= 4 is 28.3 Å². The van der Waals surface area contributed by atoms with Gasteiger partial charge in [0.05, 0.1) is 0 Å². The molecule has 2 nitrogen and oxygen atoms in total. The Morgan fingerprint density at radius 1 is 1.31 bits per heavy atom. The first-order chi connectivity index (χ1) is 7.25. The highest BCUT2D eigenvalue weighted by Gasteiger charge is 2.12. The van der Waals surface area contributed by atoms with E-state index in [4.69, 9.17) is 0 Å². The molecule has 1 heterocycles. The molecule has 2 rings (SSSR count). The van der Waals surface area contributed by atoms with E-state index in [2.05, 4.69) is 26.1 Å². The van der Waals surface area contributed by atoms with Crippen LogP contribution in [0.5, 0.6) is 0 Å². The third-order valence-corrected chi connectivity index (χ3v) is 3.11. The number of piperazine rings is 1. The summed E-state index contributed by atoms with van der Waals surface area (Å²) in [5.74, 6) is -0.122. The molecule has 0 radical (unpaired) electrons. The van der Waals surface area contributed by atoms with Crippen LogP contribution in [-0.2, 0) is 6.54 Å². The van der Waals surface area contributed by atoms with Gasteiger partial charge in [0.1, 0.15) is 5.82 Å². The van der Waals surface area contributed by atoms with Crippen molar-refractivity contribution in [2.24, 2.45) is 0 Å². The molecule has 1 aromatic rings. The molecule has 1 N–H and O–H groups in total. The van der Waals surface area contributed by atoms with Gasteiger partial charge in [-0.15, -0.1) is 12.4 Å². The van der Waals surface area contributed by atoms with E-state index >= 15 is 0 Å². The smallest absolute Gasteiger partial charge is 0.128 e. The average molecular weight is 310 g/mol. The molecule has 0 amide bonds. The summed E-state index contributed by atoms with van der Waals surface area (Å²) in [5, 5.41) is 3.28. The Balaban J connectivity index is 0.00000128. The molecule has 1 saturated heterocycles. The summed E-state index contributed by atoms with van der Waals surface area (Å²) in [6.45, 7) is 4.70. The van der Waals surface area contributed by atoms with Gasteiger partial charge in [-0.1, -0.05) is 22.0 Å². The first-order valence-electron chi connectivity index (χ1n) is 5.13. The Hall–Kier alpha value is -0.160. The van der Waals surface area contributed by atoms with Crippen molar-refractivity contribution in [3.8, 4) is 0 Å². The number of nitrogens with one attached hydrogen (secondary N) is 1. The molecule has 1 aromatic carbocycles. The zero-order valence-corrected chi connectivity index (χ0v) is 11.3. The fraction of sp³-hybridized carbons (Fsp3) is 0.455. The highest BCUT2D eigenvalue weighted by atomic mass is 79.9. The van der Waals surface area contributed by atoms with Crippen molar-refractivity contribution in [3.05, 3.63) is 34.1 Å². The molecule has 1 aliphatic rings. The molecular weight excluding hydrogens is 294 g/mol. The van der Waals surface area contributed by atoms with Gasteiger partial charge in [0, 0.05) is 42.8 Å². The lowest BCUT2D eigenvalue weighted by Gasteiger charge is -2.27. The van der Waals surface area contributed by atoms with E-state index in [1.165, 1.54) is 6.07 Å². The van der Waals surface area contributed by atoms with Crippen LogP contribution in [0.4, 0.5) is 4.39 Å². The summed E-state index contributed by atoms with van der Waals surface area (Å²) in [6, 6.07) is 5.26. The van der Waals surface area contributed by atoms with Crippen LogP contribution >= 0.6 is 28.3 Å². The monoisotopic (exact) mass is 308 g/mol. The van der Waals surface area contributed by atoms with E-state index in [1.807, 2.05) is 12.1 Å². The Morgan fingerprint density at radius 3 is 2.62 bits per heavy atom. The van der Waals surface area contributed by atoms with Crippen LogP contribution in [0.15, 0.2) is 22.7 Å². The second-order valence-electron chi connectivity index (χ2n) is 3.76. The van der Waals surface area contributed by atoms with E-state index in [9.17, 15) is 4.39 Å². The maximum Gasteiger partial charge on any atom is 0.128 e. The first-order valence-corrected chi connectivity index (χ1v) is 5.92. The summed E-state index contributed by atoms with van der Waals surface area (Å²) in [4.78, 5) is 2.27. The molecule has 0 aromatic heterocycles. The molecule has 0 saturated carbocycles. The van der Waals surface area contributed by atoms with Crippen LogP contribution in [-0.4, -0.2) is 31.1 Å². The van der Waals surface area contributed by atoms with Gasteiger partial charge in [0.2, 0.25) is 0 Å². The second kappa shape index (κ2) is 6.55. The van der Waals surface area contributed by atoms with Crippen LogP contribution in [0.2, 0.25) is 0 Å². The molecule has 5 heteroatoms. The van der Waals surface area contributed by atoms with E-state index in [1.54, 1.807) is 0 Å². The fourth-order valence-electron chi connectivity index (χ4n) is 1.76. The van der Waals surface area contributed by atoms with Gasteiger partial charge in [0.15, 0.2) is 0 Å². The molecule has 16 heavy (non-hydrogen) atoms. The van der Waals surface area contributed by atoms with Gasteiger partial charge < -0.3 is 5.32 Å². The molecule has 0 spiro atoms. The molecule has 0 aliphatic carbocycles. The third kappa shape index (κ3) is 3.70. The molecular formula is C11H15BrClFN2. The topological polar surface area (TPSA) is 15.3 Å². The van der Waals surface area contributed by atoms with Gasteiger partial charge >= 0.3 is 0 Å². The Bertz CT molecular complexity index is 343. The van der Waals surface area contributed by atoms with Crippen LogP contribution in [0, 0.1) is 5.82 Å². The van der Waals surface area contributed by atoms with Crippen molar-refractivity contribution in [1.29, 1.82) is 0 Å². The Morgan fingerprint density at radius 2 is 2.00 bits per heavy atom. The summed E-state index contributed by atoms with van der Waals surface area (Å²) < 4.78 is 14.3. The largest absolute Gasteiger partial charge is 0.314 e. The summed E-state index contributed by atoms with van der Waals surface area (Å²) in [5.41, 5.74) is 0.778. The summed E-state index contributed by atoms with van der Waals surface area (Å²) in [7, 11) is 0.